The Morgan fingerprint density at radius 2 is 2.14 bits per heavy atom. The van der Waals surface area contributed by atoms with Gasteiger partial charge in [0, 0.05) is 49.7 Å². The number of likely N-dealkylation sites (tertiary alicyclic amines) is 1. The van der Waals surface area contributed by atoms with Crippen LogP contribution >= 0.6 is 11.3 Å². The van der Waals surface area contributed by atoms with Gasteiger partial charge in [-0.3, -0.25) is 14.6 Å². The second kappa shape index (κ2) is 9.03. The van der Waals surface area contributed by atoms with Crippen molar-refractivity contribution in [1.82, 2.24) is 19.8 Å². The van der Waals surface area contributed by atoms with Gasteiger partial charge in [0.05, 0.1) is 18.2 Å². The number of rotatable bonds is 6. The lowest BCUT2D eigenvalue weighted by Gasteiger charge is -2.33. The normalized spacial score (nSPS) is 19.1. The molecule has 2 amide bonds. The Morgan fingerprint density at radius 1 is 1.28 bits per heavy atom. The quantitative estimate of drug-likeness (QED) is 0.732. The van der Waals surface area contributed by atoms with Crippen LogP contribution in [0.15, 0.2) is 24.4 Å². The number of amides is 2. The summed E-state index contributed by atoms with van der Waals surface area (Å²) in [7, 11) is 1.86. The van der Waals surface area contributed by atoms with Crippen molar-refractivity contribution < 1.29 is 9.59 Å². The molecule has 2 aliphatic rings. The van der Waals surface area contributed by atoms with E-state index in [0.29, 0.717) is 38.9 Å². The number of pyridine rings is 1. The summed E-state index contributed by atoms with van der Waals surface area (Å²) in [4.78, 5) is 39.5. The third kappa shape index (κ3) is 4.83. The monoisotopic (exact) mass is 412 g/mol. The minimum atomic E-state index is -0.129. The van der Waals surface area contributed by atoms with Gasteiger partial charge in [0.2, 0.25) is 11.8 Å². The molecule has 1 aliphatic carbocycles. The SMILES string of the molecule is CN(Cc1nc2c(s1)CCCC2)C(=O)[C@H]1CCC(=O)N(CCc2ccccn2)C1. The molecule has 1 atom stereocenters. The van der Waals surface area contributed by atoms with Crippen molar-refractivity contribution in [2.45, 2.75) is 51.5 Å². The van der Waals surface area contributed by atoms with Crippen molar-refractivity contribution in [3.8, 4) is 0 Å². The average Bonchev–Trinajstić information content (AvgIpc) is 3.15. The molecule has 0 N–H and O–H groups in total. The number of piperidine rings is 1. The molecule has 29 heavy (non-hydrogen) atoms. The molecule has 4 rings (SSSR count). The van der Waals surface area contributed by atoms with Crippen LogP contribution in [0.4, 0.5) is 0 Å². The predicted octanol–water partition coefficient (Wildman–Crippen LogP) is 2.86. The third-order valence-electron chi connectivity index (χ3n) is 5.85. The molecule has 0 aromatic carbocycles. The minimum absolute atomic E-state index is 0.119. The van der Waals surface area contributed by atoms with E-state index in [1.807, 2.05) is 30.1 Å². The lowest BCUT2D eigenvalue weighted by atomic mass is 9.96. The fraction of sp³-hybridized carbons (Fsp3) is 0.545. The van der Waals surface area contributed by atoms with Gasteiger partial charge in [-0.15, -0.1) is 11.3 Å². The van der Waals surface area contributed by atoms with Crippen LogP contribution in [0.3, 0.4) is 0 Å². The van der Waals surface area contributed by atoms with Crippen LogP contribution in [0.1, 0.15) is 47.0 Å². The van der Waals surface area contributed by atoms with E-state index in [1.54, 1.807) is 22.4 Å². The lowest BCUT2D eigenvalue weighted by Crippen LogP contribution is -2.46. The van der Waals surface area contributed by atoms with Gasteiger partial charge in [-0.05, 0) is 44.2 Å². The molecule has 6 nitrogen and oxygen atoms in total. The number of aryl methyl sites for hydroxylation is 2. The number of fused-ring (bicyclic) bond motifs is 1. The van der Waals surface area contributed by atoms with Gasteiger partial charge in [-0.1, -0.05) is 6.07 Å². The van der Waals surface area contributed by atoms with Crippen molar-refractivity contribution in [3.63, 3.8) is 0 Å². The Bertz CT molecular complexity index is 843. The van der Waals surface area contributed by atoms with Gasteiger partial charge in [0.25, 0.3) is 0 Å². The number of thiazole rings is 1. The first-order valence-electron chi connectivity index (χ1n) is 10.5. The van der Waals surface area contributed by atoms with Crippen LogP contribution in [0.25, 0.3) is 0 Å². The summed E-state index contributed by atoms with van der Waals surface area (Å²) < 4.78 is 0. The Hall–Kier alpha value is -2.28. The standard InChI is InChI=1S/C22H28N4O2S/c1-25(15-20-24-18-7-2-3-8-19(18)29-20)22(28)16-9-10-21(27)26(14-16)13-11-17-6-4-5-12-23-17/h4-6,12,16H,2-3,7-11,13-15H2,1H3/t16-/m0/s1. The topological polar surface area (TPSA) is 66.4 Å². The minimum Gasteiger partial charge on any atom is -0.342 e. The van der Waals surface area contributed by atoms with Crippen LogP contribution in [0, 0.1) is 5.92 Å². The van der Waals surface area contributed by atoms with Crippen molar-refractivity contribution in [2.24, 2.45) is 5.92 Å². The summed E-state index contributed by atoms with van der Waals surface area (Å²) in [6, 6.07) is 5.81. The molecular weight excluding hydrogens is 384 g/mol. The number of hydrogen-bond acceptors (Lipinski definition) is 5. The number of hydrogen-bond donors (Lipinski definition) is 0. The van der Waals surface area contributed by atoms with E-state index in [9.17, 15) is 9.59 Å². The van der Waals surface area contributed by atoms with E-state index in [0.717, 1.165) is 23.5 Å². The summed E-state index contributed by atoms with van der Waals surface area (Å²) in [5, 5.41) is 1.03. The van der Waals surface area contributed by atoms with Gasteiger partial charge < -0.3 is 9.80 Å². The van der Waals surface area contributed by atoms with Gasteiger partial charge in [-0.25, -0.2) is 4.98 Å². The molecule has 2 aromatic heterocycles. The maximum Gasteiger partial charge on any atom is 0.227 e. The zero-order valence-electron chi connectivity index (χ0n) is 17.0. The molecule has 1 aliphatic heterocycles. The van der Waals surface area contributed by atoms with Crippen molar-refractivity contribution in [3.05, 3.63) is 45.7 Å². The molecule has 2 aromatic rings. The molecule has 0 spiro atoms. The van der Waals surface area contributed by atoms with E-state index < -0.39 is 0 Å². The largest absolute Gasteiger partial charge is 0.342 e. The number of aromatic nitrogens is 2. The maximum absolute atomic E-state index is 13.0. The first-order chi connectivity index (χ1) is 14.1. The summed E-state index contributed by atoms with van der Waals surface area (Å²) in [5.74, 6) is 0.129. The van der Waals surface area contributed by atoms with Crippen LogP contribution in [0.2, 0.25) is 0 Å². The Kier molecular flexibility index (Phi) is 6.23. The molecule has 0 saturated carbocycles. The summed E-state index contributed by atoms with van der Waals surface area (Å²) in [6.07, 6.45) is 8.22. The second-order valence-corrected chi connectivity index (χ2v) is 9.19. The molecule has 1 fully saturated rings. The highest BCUT2D eigenvalue weighted by atomic mass is 32.1. The molecule has 0 unspecified atom stereocenters. The van der Waals surface area contributed by atoms with E-state index >= 15 is 0 Å². The van der Waals surface area contributed by atoms with Crippen LogP contribution in [-0.4, -0.2) is 51.7 Å². The average molecular weight is 413 g/mol. The Morgan fingerprint density at radius 3 is 2.93 bits per heavy atom. The molecule has 0 radical (unpaired) electrons. The van der Waals surface area contributed by atoms with Crippen LogP contribution in [-0.2, 0) is 35.4 Å². The van der Waals surface area contributed by atoms with Crippen molar-refractivity contribution in [2.75, 3.05) is 20.1 Å². The summed E-state index contributed by atoms with van der Waals surface area (Å²) in [5.41, 5.74) is 2.21. The van der Waals surface area contributed by atoms with Gasteiger partial charge in [-0.2, -0.15) is 0 Å². The Labute approximate surface area is 176 Å². The van der Waals surface area contributed by atoms with Crippen LogP contribution in [0.5, 0.6) is 0 Å². The van der Waals surface area contributed by atoms with E-state index in [1.165, 1.54) is 23.4 Å². The highest BCUT2D eigenvalue weighted by molar-refractivity contribution is 7.11. The maximum atomic E-state index is 13.0. The van der Waals surface area contributed by atoms with E-state index in [-0.39, 0.29) is 17.7 Å². The van der Waals surface area contributed by atoms with Crippen molar-refractivity contribution in [1.29, 1.82) is 0 Å². The molecule has 154 valence electrons. The van der Waals surface area contributed by atoms with Gasteiger partial charge in [0.15, 0.2) is 0 Å². The highest BCUT2D eigenvalue weighted by Crippen LogP contribution is 2.28. The first-order valence-corrected chi connectivity index (χ1v) is 11.3. The summed E-state index contributed by atoms with van der Waals surface area (Å²) in [6.45, 7) is 1.68. The van der Waals surface area contributed by atoms with Crippen LogP contribution < -0.4 is 0 Å². The number of carbonyl (C=O) groups is 2. The fourth-order valence-electron chi connectivity index (χ4n) is 4.19. The molecule has 1 saturated heterocycles. The van der Waals surface area contributed by atoms with E-state index in [4.69, 9.17) is 4.98 Å². The molecule has 0 bridgehead atoms. The third-order valence-corrected chi connectivity index (χ3v) is 6.99. The highest BCUT2D eigenvalue weighted by Gasteiger charge is 2.32. The Balaban J connectivity index is 1.33. The molecular formula is C22H28N4O2S. The van der Waals surface area contributed by atoms with Crippen molar-refractivity contribution >= 4 is 23.2 Å². The second-order valence-electron chi connectivity index (χ2n) is 8.03. The zero-order valence-corrected chi connectivity index (χ0v) is 17.8. The zero-order chi connectivity index (χ0) is 20.2. The van der Waals surface area contributed by atoms with Gasteiger partial charge in [0.1, 0.15) is 5.01 Å². The summed E-state index contributed by atoms with van der Waals surface area (Å²) >= 11 is 1.76. The predicted molar refractivity (Wildman–Crippen MR) is 112 cm³/mol. The fourth-order valence-corrected chi connectivity index (χ4v) is 5.40. The number of nitrogens with zero attached hydrogens (tertiary/aromatic N) is 4. The smallest absolute Gasteiger partial charge is 0.227 e. The molecule has 7 heteroatoms. The first kappa shape index (κ1) is 20.0. The lowest BCUT2D eigenvalue weighted by molar-refractivity contribution is -0.142. The number of carbonyl (C=O) groups excluding carboxylic acids is 2. The molecule has 3 heterocycles. The van der Waals surface area contributed by atoms with Gasteiger partial charge >= 0.3 is 0 Å². The van der Waals surface area contributed by atoms with E-state index in [2.05, 4.69) is 4.98 Å².